The number of hydrogen-bond acceptors (Lipinski definition) is 4. The molecule has 0 aliphatic heterocycles. The van der Waals surface area contributed by atoms with E-state index in [9.17, 15) is 9.18 Å². The summed E-state index contributed by atoms with van der Waals surface area (Å²) in [7, 11) is 0. The lowest BCUT2D eigenvalue weighted by atomic mass is 9.95. The number of benzene rings is 2. The van der Waals surface area contributed by atoms with Gasteiger partial charge in [0.05, 0.1) is 5.69 Å². The predicted molar refractivity (Wildman–Crippen MR) is 111 cm³/mol. The van der Waals surface area contributed by atoms with Crippen molar-refractivity contribution in [3.05, 3.63) is 66.0 Å². The topological polar surface area (TPSA) is 71.8 Å². The Labute approximate surface area is 169 Å². The number of halogens is 1. The SMILES string of the molecule is Cc1nc(C(=O)Nc2ccc(NC3CCCCC3)cc2)nn1-c1ccc(F)cc1. The van der Waals surface area contributed by atoms with E-state index in [2.05, 4.69) is 20.7 Å². The van der Waals surface area contributed by atoms with Crippen LogP contribution in [0.1, 0.15) is 48.5 Å². The lowest BCUT2D eigenvalue weighted by Crippen LogP contribution is -2.22. The third-order valence-electron chi connectivity index (χ3n) is 5.16. The summed E-state index contributed by atoms with van der Waals surface area (Å²) in [5, 5.41) is 10.6. The molecule has 1 fully saturated rings. The van der Waals surface area contributed by atoms with Crippen molar-refractivity contribution in [3.63, 3.8) is 0 Å². The monoisotopic (exact) mass is 393 g/mol. The minimum Gasteiger partial charge on any atom is -0.382 e. The van der Waals surface area contributed by atoms with Crippen LogP contribution in [0.15, 0.2) is 48.5 Å². The summed E-state index contributed by atoms with van der Waals surface area (Å²) < 4.78 is 14.6. The van der Waals surface area contributed by atoms with Gasteiger partial charge in [-0.1, -0.05) is 19.3 Å². The lowest BCUT2D eigenvalue weighted by Gasteiger charge is -2.23. The van der Waals surface area contributed by atoms with Crippen molar-refractivity contribution in [1.29, 1.82) is 0 Å². The molecule has 1 aliphatic rings. The molecular weight excluding hydrogens is 369 g/mol. The number of aromatic nitrogens is 3. The zero-order valence-corrected chi connectivity index (χ0v) is 16.4. The molecule has 2 N–H and O–H groups in total. The van der Waals surface area contributed by atoms with E-state index < -0.39 is 0 Å². The molecule has 29 heavy (non-hydrogen) atoms. The highest BCUT2D eigenvalue weighted by Gasteiger charge is 2.16. The van der Waals surface area contributed by atoms with Gasteiger partial charge in [0.1, 0.15) is 11.6 Å². The van der Waals surface area contributed by atoms with Crippen LogP contribution in [0.4, 0.5) is 15.8 Å². The van der Waals surface area contributed by atoms with Crippen molar-refractivity contribution >= 4 is 17.3 Å². The number of rotatable bonds is 5. The molecule has 1 aromatic heterocycles. The van der Waals surface area contributed by atoms with E-state index >= 15 is 0 Å². The molecule has 4 rings (SSSR count). The third-order valence-corrected chi connectivity index (χ3v) is 5.16. The highest BCUT2D eigenvalue weighted by atomic mass is 19.1. The van der Waals surface area contributed by atoms with Gasteiger partial charge >= 0.3 is 0 Å². The van der Waals surface area contributed by atoms with Crippen LogP contribution in [0.5, 0.6) is 0 Å². The van der Waals surface area contributed by atoms with Crippen molar-refractivity contribution in [2.75, 3.05) is 10.6 Å². The van der Waals surface area contributed by atoms with E-state index in [0.717, 1.165) is 5.69 Å². The fraction of sp³-hybridized carbons (Fsp3) is 0.318. The highest BCUT2D eigenvalue weighted by molar-refractivity contribution is 6.01. The Hall–Kier alpha value is -3.22. The van der Waals surface area contributed by atoms with Crippen molar-refractivity contribution in [1.82, 2.24) is 14.8 Å². The van der Waals surface area contributed by atoms with Crippen LogP contribution in [-0.4, -0.2) is 26.7 Å². The zero-order chi connectivity index (χ0) is 20.2. The molecular formula is C22H24FN5O. The molecule has 1 saturated carbocycles. The van der Waals surface area contributed by atoms with Crippen LogP contribution >= 0.6 is 0 Å². The van der Waals surface area contributed by atoms with E-state index in [4.69, 9.17) is 0 Å². The fourth-order valence-electron chi connectivity index (χ4n) is 3.63. The normalized spacial score (nSPS) is 14.6. The van der Waals surface area contributed by atoms with Gasteiger partial charge in [-0.15, -0.1) is 5.10 Å². The number of nitrogens with one attached hydrogen (secondary N) is 2. The lowest BCUT2D eigenvalue weighted by molar-refractivity contribution is 0.101. The Kier molecular flexibility index (Phi) is 5.55. The maximum Gasteiger partial charge on any atom is 0.295 e. The summed E-state index contributed by atoms with van der Waals surface area (Å²) in [5.41, 5.74) is 2.39. The van der Waals surface area contributed by atoms with Crippen LogP contribution in [0.2, 0.25) is 0 Å². The van der Waals surface area contributed by atoms with Crippen molar-refractivity contribution < 1.29 is 9.18 Å². The van der Waals surface area contributed by atoms with E-state index in [1.165, 1.54) is 48.9 Å². The van der Waals surface area contributed by atoms with Crippen LogP contribution in [0, 0.1) is 12.7 Å². The molecule has 2 aromatic carbocycles. The Morgan fingerprint density at radius 3 is 2.34 bits per heavy atom. The summed E-state index contributed by atoms with van der Waals surface area (Å²) in [6.07, 6.45) is 6.31. The number of amides is 1. The van der Waals surface area contributed by atoms with Gasteiger partial charge in [0.15, 0.2) is 0 Å². The number of anilines is 2. The molecule has 0 radical (unpaired) electrons. The van der Waals surface area contributed by atoms with Crippen LogP contribution in [0.3, 0.4) is 0 Å². The summed E-state index contributed by atoms with van der Waals surface area (Å²) >= 11 is 0. The molecule has 0 spiro atoms. The van der Waals surface area contributed by atoms with Crippen LogP contribution < -0.4 is 10.6 Å². The number of carbonyl (C=O) groups is 1. The smallest absolute Gasteiger partial charge is 0.295 e. The molecule has 0 saturated heterocycles. The van der Waals surface area contributed by atoms with E-state index in [1.807, 2.05) is 24.3 Å². The van der Waals surface area contributed by atoms with Gasteiger partial charge in [0.2, 0.25) is 5.82 Å². The number of aryl methyl sites for hydroxylation is 1. The molecule has 0 atom stereocenters. The Bertz CT molecular complexity index is 975. The standard InChI is InChI=1S/C22H24FN5O/c1-15-24-21(27-28(15)20-13-7-16(23)8-14-20)22(29)26-19-11-9-18(10-12-19)25-17-5-3-2-4-6-17/h7-14,17,25H,2-6H2,1H3,(H,26,29). The number of carbonyl (C=O) groups excluding carboxylic acids is 1. The molecule has 150 valence electrons. The zero-order valence-electron chi connectivity index (χ0n) is 16.4. The third kappa shape index (κ3) is 4.62. The molecule has 0 unspecified atom stereocenters. The van der Waals surface area contributed by atoms with Crippen LogP contribution in [0.25, 0.3) is 5.69 Å². The molecule has 3 aromatic rings. The molecule has 7 heteroatoms. The number of hydrogen-bond donors (Lipinski definition) is 2. The van der Waals surface area contributed by atoms with Gasteiger partial charge in [0, 0.05) is 17.4 Å². The Morgan fingerprint density at radius 1 is 1.00 bits per heavy atom. The van der Waals surface area contributed by atoms with Gasteiger partial charge in [-0.3, -0.25) is 4.79 Å². The van der Waals surface area contributed by atoms with E-state index in [-0.39, 0.29) is 17.5 Å². The molecule has 1 aliphatic carbocycles. The summed E-state index contributed by atoms with van der Waals surface area (Å²) in [5.74, 6) is -0.0992. The van der Waals surface area contributed by atoms with Crippen molar-refractivity contribution in [2.45, 2.75) is 45.1 Å². The average Bonchev–Trinajstić information content (AvgIpc) is 3.13. The van der Waals surface area contributed by atoms with Crippen LogP contribution in [-0.2, 0) is 0 Å². The largest absolute Gasteiger partial charge is 0.382 e. The second kappa shape index (κ2) is 8.43. The first-order valence-corrected chi connectivity index (χ1v) is 9.96. The maximum atomic E-state index is 13.1. The summed E-state index contributed by atoms with van der Waals surface area (Å²) in [6.45, 7) is 1.75. The molecule has 6 nitrogen and oxygen atoms in total. The van der Waals surface area contributed by atoms with Gasteiger partial charge in [-0.2, -0.15) is 0 Å². The number of nitrogens with zero attached hydrogens (tertiary/aromatic N) is 3. The predicted octanol–water partition coefficient (Wildman–Crippen LogP) is 4.71. The van der Waals surface area contributed by atoms with Crippen molar-refractivity contribution in [3.8, 4) is 5.69 Å². The summed E-state index contributed by atoms with van der Waals surface area (Å²) in [4.78, 5) is 16.8. The quantitative estimate of drug-likeness (QED) is 0.658. The molecule has 1 heterocycles. The maximum absolute atomic E-state index is 13.1. The first-order chi connectivity index (χ1) is 14.1. The molecule has 1 amide bonds. The first kappa shape index (κ1) is 19.1. The second-order valence-electron chi connectivity index (χ2n) is 7.38. The fourth-order valence-corrected chi connectivity index (χ4v) is 3.63. The summed E-state index contributed by atoms with van der Waals surface area (Å²) in [6, 6.07) is 14.1. The first-order valence-electron chi connectivity index (χ1n) is 9.96. The van der Waals surface area contributed by atoms with E-state index in [1.54, 1.807) is 19.1 Å². The van der Waals surface area contributed by atoms with Gasteiger partial charge < -0.3 is 10.6 Å². The minimum absolute atomic E-state index is 0.0660. The van der Waals surface area contributed by atoms with Gasteiger partial charge in [-0.25, -0.2) is 14.1 Å². The minimum atomic E-state index is -0.387. The Balaban J connectivity index is 1.41. The molecule has 0 bridgehead atoms. The van der Waals surface area contributed by atoms with Gasteiger partial charge in [-0.05, 0) is 68.3 Å². The average molecular weight is 393 g/mol. The van der Waals surface area contributed by atoms with Gasteiger partial charge in [0.25, 0.3) is 5.91 Å². The second-order valence-corrected chi connectivity index (χ2v) is 7.38. The highest BCUT2D eigenvalue weighted by Crippen LogP contribution is 2.22. The van der Waals surface area contributed by atoms with E-state index in [0.29, 0.717) is 23.2 Å². The Morgan fingerprint density at radius 2 is 1.66 bits per heavy atom. The van der Waals surface area contributed by atoms with Crippen molar-refractivity contribution in [2.24, 2.45) is 0 Å².